The van der Waals surface area contributed by atoms with Crippen molar-refractivity contribution in [3.63, 3.8) is 0 Å². The first-order chi connectivity index (χ1) is 27.7. The molecule has 0 saturated carbocycles. The van der Waals surface area contributed by atoms with Crippen LogP contribution >= 0.6 is 11.3 Å². The number of aromatic nitrogens is 2. The lowest BCUT2D eigenvalue weighted by molar-refractivity contribution is 0.332. The summed E-state index contributed by atoms with van der Waals surface area (Å²) in [6, 6.07) is 59.4. The number of hydrogen-bond acceptors (Lipinski definition) is 1. The highest BCUT2D eigenvalue weighted by Gasteiger charge is 2.38. The predicted molar refractivity (Wildman–Crippen MR) is 246 cm³/mol. The first kappa shape index (κ1) is 33.0. The van der Waals surface area contributed by atoms with E-state index in [4.69, 9.17) is 0 Å². The van der Waals surface area contributed by atoms with Crippen molar-refractivity contribution in [1.29, 1.82) is 0 Å². The van der Waals surface area contributed by atoms with Gasteiger partial charge >= 0.3 is 0 Å². The lowest BCUT2D eigenvalue weighted by Crippen LogP contribution is -2.33. The Morgan fingerprint density at radius 2 is 1.04 bits per heavy atom. The number of hydrogen-bond donors (Lipinski definition) is 0. The van der Waals surface area contributed by atoms with Gasteiger partial charge in [-0.05, 0) is 123 Å². The Morgan fingerprint density at radius 3 is 1.84 bits per heavy atom. The largest absolute Gasteiger partial charge is 0.309 e. The summed E-state index contributed by atoms with van der Waals surface area (Å²) in [4.78, 5) is 0. The number of nitrogens with zero attached hydrogens (tertiary/aromatic N) is 2. The number of fused-ring (bicyclic) bond motifs is 12. The van der Waals surface area contributed by atoms with Crippen LogP contribution in [0.3, 0.4) is 0 Å². The van der Waals surface area contributed by atoms with Crippen LogP contribution in [0.25, 0.3) is 97.1 Å². The van der Waals surface area contributed by atoms with Gasteiger partial charge in [0.15, 0.2) is 0 Å². The Hall–Kier alpha value is -6.16. The molecule has 57 heavy (non-hydrogen) atoms. The van der Waals surface area contributed by atoms with E-state index in [2.05, 4.69) is 195 Å². The van der Waals surface area contributed by atoms with Gasteiger partial charge in [0.25, 0.3) is 0 Å². The average molecular weight is 751 g/mol. The van der Waals surface area contributed by atoms with Crippen LogP contribution in [0.2, 0.25) is 0 Å². The molecule has 0 atom stereocenters. The summed E-state index contributed by atoms with van der Waals surface area (Å²) < 4.78 is 7.70. The molecular weight excluding hydrogens is 709 g/mol. The second kappa shape index (κ2) is 11.7. The topological polar surface area (TPSA) is 9.86 Å². The van der Waals surface area contributed by atoms with Crippen LogP contribution in [0.15, 0.2) is 158 Å². The fraction of sp³-hybridized carbons (Fsp3) is 0.148. The highest BCUT2D eigenvalue weighted by atomic mass is 32.1. The highest BCUT2D eigenvalue weighted by Crippen LogP contribution is 2.50. The molecule has 0 bridgehead atoms. The van der Waals surface area contributed by atoms with Crippen LogP contribution in [0.1, 0.15) is 51.7 Å². The van der Waals surface area contributed by atoms with Crippen LogP contribution in [0, 0.1) is 0 Å². The molecule has 12 rings (SSSR count). The molecule has 2 nitrogen and oxygen atoms in total. The lowest BCUT2D eigenvalue weighted by atomic mass is 9.63. The molecule has 1 aliphatic rings. The Morgan fingerprint density at radius 1 is 0.421 bits per heavy atom. The van der Waals surface area contributed by atoms with E-state index in [0.717, 1.165) is 0 Å². The van der Waals surface area contributed by atoms with E-state index in [-0.39, 0.29) is 10.8 Å². The number of rotatable bonds is 3. The van der Waals surface area contributed by atoms with Crippen LogP contribution in [0.4, 0.5) is 0 Å². The summed E-state index contributed by atoms with van der Waals surface area (Å²) in [7, 11) is 0. The third-order valence-electron chi connectivity index (χ3n) is 13.4. The summed E-state index contributed by atoms with van der Waals surface area (Å²) in [6.45, 7) is 9.77. The van der Waals surface area contributed by atoms with E-state index in [9.17, 15) is 0 Å². The monoisotopic (exact) mass is 750 g/mol. The molecule has 0 unspecified atom stereocenters. The minimum absolute atomic E-state index is 0.0932. The van der Waals surface area contributed by atoms with Crippen LogP contribution in [-0.2, 0) is 10.8 Å². The summed E-state index contributed by atoms with van der Waals surface area (Å²) in [6.07, 6.45) is 2.37. The van der Waals surface area contributed by atoms with Gasteiger partial charge < -0.3 is 9.13 Å². The molecule has 0 fully saturated rings. The standard InChI is InChI=1S/C54H42N2S/c1-53(2)27-28-54(3,4)44-31-46-41(30-43(44)53)40-29-42-48(55(35-14-6-5-7-15-35)45-26-23-33-13-8-9-16-37(33)51(42)45)32-47(40)56(46)36-24-21-34(22-25-36)38-18-12-20-50-52(38)39-17-10-11-19-49(39)57-50/h5-26,29-32H,27-28H2,1-4H3. The summed E-state index contributed by atoms with van der Waals surface area (Å²) in [5.74, 6) is 0. The maximum atomic E-state index is 2.57. The molecule has 0 radical (unpaired) electrons. The summed E-state index contributed by atoms with van der Waals surface area (Å²) in [5, 5.41) is 10.5. The van der Waals surface area contributed by atoms with Gasteiger partial charge in [-0.1, -0.05) is 119 Å². The van der Waals surface area contributed by atoms with E-state index in [0.29, 0.717) is 0 Å². The van der Waals surface area contributed by atoms with Gasteiger partial charge in [0, 0.05) is 53.1 Å². The van der Waals surface area contributed by atoms with Crippen molar-refractivity contribution in [3.05, 3.63) is 169 Å². The summed E-state index contributed by atoms with van der Waals surface area (Å²) in [5.41, 5.74) is 13.0. The fourth-order valence-electron chi connectivity index (χ4n) is 10.3. The Labute approximate surface area is 336 Å². The first-order valence-corrected chi connectivity index (χ1v) is 21.1. The van der Waals surface area contributed by atoms with Crippen molar-refractivity contribution in [3.8, 4) is 22.5 Å². The quantitative estimate of drug-likeness (QED) is 0.170. The van der Waals surface area contributed by atoms with E-state index >= 15 is 0 Å². The van der Waals surface area contributed by atoms with E-state index in [1.54, 1.807) is 0 Å². The second-order valence-electron chi connectivity index (χ2n) is 17.6. The number of benzene rings is 8. The molecular formula is C54H42N2S. The number of thiophene rings is 1. The molecule has 1 aliphatic carbocycles. The van der Waals surface area contributed by atoms with Crippen LogP contribution in [0.5, 0.6) is 0 Å². The van der Waals surface area contributed by atoms with Gasteiger partial charge in [0.2, 0.25) is 0 Å². The molecule has 0 aliphatic heterocycles. The van der Waals surface area contributed by atoms with Gasteiger partial charge in [0.1, 0.15) is 0 Å². The maximum Gasteiger partial charge on any atom is 0.0562 e. The second-order valence-corrected chi connectivity index (χ2v) is 18.7. The SMILES string of the molecule is CC1(C)CCC(C)(C)c2cc3c(cc21)c1cc2c4c5ccccc5ccc4n(-c4ccccc4)c2cc1n3-c1ccc(-c2cccc3sc4ccccc4c23)cc1. The minimum atomic E-state index is 0.0932. The van der Waals surface area contributed by atoms with Gasteiger partial charge in [-0.25, -0.2) is 0 Å². The third kappa shape index (κ3) is 4.70. The van der Waals surface area contributed by atoms with E-state index in [1.807, 2.05) is 11.3 Å². The normalized spacial score (nSPS) is 15.2. The zero-order valence-electron chi connectivity index (χ0n) is 32.7. The zero-order valence-corrected chi connectivity index (χ0v) is 33.5. The van der Waals surface area contributed by atoms with Gasteiger partial charge in [0.05, 0.1) is 22.1 Å². The van der Waals surface area contributed by atoms with Crippen molar-refractivity contribution in [2.24, 2.45) is 0 Å². The predicted octanol–water partition coefficient (Wildman–Crippen LogP) is 15.4. The minimum Gasteiger partial charge on any atom is -0.309 e. The first-order valence-electron chi connectivity index (χ1n) is 20.3. The van der Waals surface area contributed by atoms with E-state index in [1.165, 1.54) is 121 Å². The molecule has 3 heterocycles. The molecule has 0 N–H and O–H groups in total. The molecule has 11 aromatic rings. The van der Waals surface area contributed by atoms with Gasteiger partial charge in [-0.15, -0.1) is 11.3 Å². The molecule has 8 aromatic carbocycles. The van der Waals surface area contributed by atoms with Crippen molar-refractivity contribution in [2.45, 2.75) is 51.4 Å². The number of para-hydroxylation sites is 1. The molecule has 0 amide bonds. The zero-order chi connectivity index (χ0) is 38.2. The van der Waals surface area contributed by atoms with E-state index < -0.39 is 0 Å². The lowest BCUT2D eigenvalue weighted by Gasteiger charge is -2.42. The van der Waals surface area contributed by atoms with Crippen molar-refractivity contribution in [1.82, 2.24) is 9.13 Å². The molecule has 3 heteroatoms. The van der Waals surface area contributed by atoms with Crippen LogP contribution in [-0.4, -0.2) is 9.13 Å². The Kier molecular flexibility index (Phi) is 6.77. The Balaban J connectivity index is 1.18. The maximum absolute atomic E-state index is 2.57. The van der Waals surface area contributed by atoms with Gasteiger partial charge in [-0.2, -0.15) is 0 Å². The fourth-order valence-corrected chi connectivity index (χ4v) is 11.4. The van der Waals surface area contributed by atoms with Gasteiger partial charge in [-0.3, -0.25) is 0 Å². The molecule has 0 saturated heterocycles. The smallest absolute Gasteiger partial charge is 0.0562 e. The Bertz CT molecular complexity index is 3440. The van der Waals surface area contributed by atoms with Crippen molar-refractivity contribution < 1.29 is 0 Å². The van der Waals surface area contributed by atoms with Crippen molar-refractivity contribution in [2.75, 3.05) is 0 Å². The average Bonchev–Trinajstić information content (AvgIpc) is 3.89. The highest BCUT2D eigenvalue weighted by molar-refractivity contribution is 7.25. The molecule has 274 valence electrons. The summed E-state index contributed by atoms with van der Waals surface area (Å²) >= 11 is 1.88. The third-order valence-corrected chi connectivity index (χ3v) is 14.5. The molecule has 3 aromatic heterocycles. The molecule has 0 spiro atoms. The van der Waals surface area contributed by atoms with Crippen molar-refractivity contribution >= 4 is 85.9 Å². The van der Waals surface area contributed by atoms with Crippen LogP contribution < -0.4 is 0 Å².